The molecule has 2 fully saturated rings. The van der Waals surface area contributed by atoms with E-state index >= 15 is 0 Å². The first-order valence-electron chi connectivity index (χ1n) is 10.0. The molecule has 0 N–H and O–H groups in total. The fraction of sp³-hybridized carbons (Fsp3) is 0.304. The lowest BCUT2D eigenvalue weighted by atomic mass is 9.54. The lowest BCUT2D eigenvalue weighted by molar-refractivity contribution is -0.163. The molecule has 6 nitrogen and oxygen atoms in total. The Labute approximate surface area is 210 Å². The molecule has 2 aliphatic rings. The van der Waals surface area contributed by atoms with Gasteiger partial charge in [0.05, 0.1) is 0 Å². The minimum atomic E-state index is -1.92. The molecule has 2 aromatic carbocycles. The summed E-state index contributed by atoms with van der Waals surface area (Å²) in [6.07, 6.45) is -0.343. The zero-order valence-electron chi connectivity index (χ0n) is 17.6. The van der Waals surface area contributed by atoms with Gasteiger partial charge in [0.15, 0.2) is 0 Å². The summed E-state index contributed by atoms with van der Waals surface area (Å²) >= 11 is 26.0. The number of nitrogens with zero attached hydrogens (tertiary/aromatic N) is 2. The summed E-state index contributed by atoms with van der Waals surface area (Å²) < 4.78 is 0. The minimum absolute atomic E-state index is 0.171. The summed E-state index contributed by atoms with van der Waals surface area (Å²) in [5.74, 6) is -3.83. The van der Waals surface area contributed by atoms with Gasteiger partial charge in [0.25, 0.3) is 0 Å². The normalized spacial score (nSPS) is 23.0. The molecule has 1 aliphatic carbocycles. The molecule has 10 heteroatoms. The second-order valence-electron chi connectivity index (χ2n) is 8.20. The molecular formula is C23H18Cl4N2O4. The Morgan fingerprint density at radius 2 is 1.03 bits per heavy atom. The lowest BCUT2D eigenvalue weighted by Crippen LogP contribution is -2.68. The summed E-state index contributed by atoms with van der Waals surface area (Å²) in [5.41, 5.74) is -1.34. The number of benzene rings is 2. The zero-order chi connectivity index (χ0) is 24.2. The van der Waals surface area contributed by atoms with Crippen molar-refractivity contribution < 1.29 is 19.2 Å². The quantitative estimate of drug-likeness (QED) is 0.478. The summed E-state index contributed by atoms with van der Waals surface area (Å²) in [6, 6.07) is 8.76. The number of halogens is 4. The fourth-order valence-electron chi connectivity index (χ4n) is 5.09. The molecule has 1 saturated carbocycles. The maximum atomic E-state index is 14.0. The van der Waals surface area contributed by atoms with E-state index in [2.05, 4.69) is 0 Å². The van der Waals surface area contributed by atoms with Crippen molar-refractivity contribution in [2.24, 2.45) is 5.41 Å². The van der Waals surface area contributed by atoms with Gasteiger partial charge in [-0.15, -0.1) is 0 Å². The molecule has 0 radical (unpaired) electrons. The molecule has 33 heavy (non-hydrogen) atoms. The van der Waals surface area contributed by atoms with Crippen LogP contribution in [0.5, 0.6) is 0 Å². The van der Waals surface area contributed by atoms with Crippen LogP contribution >= 0.6 is 46.4 Å². The number of amides is 4. The van der Waals surface area contributed by atoms with Crippen molar-refractivity contribution in [2.45, 2.75) is 24.7 Å². The smallest absolute Gasteiger partial charge is 0.300 e. The molecule has 2 atom stereocenters. The van der Waals surface area contributed by atoms with Crippen LogP contribution in [0.2, 0.25) is 20.1 Å². The molecule has 2 aromatic rings. The molecule has 0 unspecified atom stereocenters. The van der Waals surface area contributed by atoms with Gasteiger partial charge in [-0.3, -0.25) is 24.2 Å². The molecule has 0 aromatic heterocycles. The van der Waals surface area contributed by atoms with Crippen LogP contribution in [0.3, 0.4) is 0 Å². The number of hydrogen-bond acceptors (Lipinski definition) is 4. The lowest BCUT2D eigenvalue weighted by Gasteiger charge is -2.52. The van der Waals surface area contributed by atoms with Crippen LogP contribution in [-0.4, -0.2) is 47.5 Å². The number of carbonyl (C=O) groups excluding carboxylic acids is 4. The number of Topliss-reactive ketones (excluding diaryl/α,β-unsaturated/α-hetero) is 1. The van der Waals surface area contributed by atoms with Crippen molar-refractivity contribution in [3.05, 3.63) is 67.6 Å². The third-order valence-corrected chi connectivity index (χ3v) is 7.87. The Morgan fingerprint density at radius 1 is 0.697 bits per heavy atom. The van der Waals surface area contributed by atoms with E-state index in [9.17, 15) is 19.2 Å². The van der Waals surface area contributed by atoms with Gasteiger partial charge in [-0.25, -0.2) is 4.79 Å². The molecular weight excluding hydrogens is 510 g/mol. The van der Waals surface area contributed by atoms with E-state index in [1.807, 2.05) is 0 Å². The molecule has 1 saturated heterocycles. The third kappa shape index (κ3) is 3.46. The van der Waals surface area contributed by atoms with Gasteiger partial charge in [-0.1, -0.05) is 58.5 Å². The summed E-state index contributed by atoms with van der Waals surface area (Å²) in [5, 5.41) is 0.809. The number of ketones is 1. The van der Waals surface area contributed by atoms with Gasteiger partial charge in [0, 0.05) is 58.9 Å². The van der Waals surface area contributed by atoms with E-state index in [1.165, 1.54) is 14.1 Å². The molecule has 4 rings (SSSR count). The van der Waals surface area contributed by atoms with Gasteiger partial charge in [0.2, 0.25) is 11.8 Å². The van der Waals surface area contributed by atoms with Crippen molar-refractivity contribution in [2.75, 3.05) is 14.1 Å². The Bertz CT molecular complexity index is 1080. The molecule has 1 spiro atoms. The largest absolute Gasteiger partial charge is 0.332 e. The highest BCUT2D eigenvalue weighted by Crippen LogP contribution is 2.60. The SMILES string of the molecule is CN1C(=O)N(C)C(=O)C2(C1=O)[C@@H](c1c(Cl)cccc1Cl)CC(=O)C[C@H]2c1c(Cl)cccc1Cl. The first kappa shape index (κ1) is 24.0. The predicted octanol–water partition coefficient (Wildman–Crippen LogP) is 5.57. The average molecular weight is 528 g/mol. The average Bonchev–Trinajstić information content (AvgIpc) is 2.76. The highest BCUT2D eigenvalue weighted by atomic mass is 35.5. The van der Waals surface area contributed by atoms with Crippen LogP contribution in [0.25, 0.3) is 0 Å². The van der Waals surface area contributed by atoms with Crippen LogP contribution in [-0.2, 0) is 14.4 Å². The second-order valence-corrected chi connectivity index (χ2v) is 9.83. The zero-order valence-corrected chi connectivity index (χ0v) is 20.6. The summed E-state index contributed by atoms with van der Waals surface area (Å²) in [4.78, 5) is 55.4. The maximum absolute atomic E-state index is 14.0. The van der Waals surface area contributed by atoms with Crippen molar-refractivity contribution in [1.82, 2.24) is 9.80 Å². The molecule has 4 amide bonds. The predicted molar refractivity (Wildman–Crippen MR) is 126 cm³/mol. The first-order chi connectivity index (χ1) is 15.5. The van der Waals surface area contributed by atoms with Gasteiger partial charge in [-0.2, -0.15) is 0 Å². The summed E-state index contributed by atoms with van der Waals surface area (Å²) in [6.45, 7) is 0. The maximum Gasteiger partial charge on any atom is 0.332 e. The number of carbonyl (C=O) groups is 4. The third-order valence-electron chi connectivity index (χ3n) is 6.55. The number of imide groups is 2. The van der Waals surface area contributed by atoms with Crippen LogP contribution in [0, 0.1) is 5.41 Å². The Hall–Kier alpha value is -2.12. The van der Waals surface area contributed by atoms with Gasteiger partial charge in [0.1, 0.15) is 11.2 Å². The van der Waals surface area contributed by atoms with Crippen LogP contribution in [0.15, 0.2) is 36.4 Å². The van der Waals surface area contributed by atoms with Crippen LogP contribution in [0.4, 0.5) is 4.79 Å². The van der Waals surface area contributed by atoms with Crippen molar-refractivity contribution in [3.63, 3.8) is 0 Å². The Balaban J connectivity index is 2.11. The summed E-state index contributed by atoms with van der Waals surface area (Å²) in [7, 11) is 2.59. The first-order valence-corrected chi connectivity index (χ1v) is 11.5. The van der Waals surface area contributed by atoms with Gasteiger partial charge < -0.3 is 0 Å². The van der Waals surface area contributed by atoms with Crippen molar-refractivity contribution in [1.29, 1.82) is 0 Å². The van der Waals surface area contributed by atoms with E-state index in [4.69, 9.17) is 46.4 Å². The van der Waals surface area contributed by atoms with Crippen molar-refractivity contribution in [3.8, 4) is 0 Å². The molecule has 0 bridgehead atoms. The monoisotopic (exact) mass is 526 g/mol. The topological polar surface area (TPSA) is 74.8 Å². The van der Waals surface area contributed by atoms with Crippen LogP contribution < -0.4 is 0 Å². The number of urea groups is 1. The number of barbiturate groups is 1. The Morgan fingerprint density at radius 3 is 1.36 bits per heavy atom. The highest BCUT2D eigenvalue weighted by Gasteiger charge is 2.67. The van der Waals surface area contributed by atoms with Gasteiger partial charge >= 0.3 is 6.03 Å². The standard InChI is InChI=1S/C23H18Cl4N2O4/c1-28-20(31)23(21(32)29(2)22(28)33)12(18-14(24)5-3-6-15(18)25)9-11(30)10-13(23)19-16(26)7-4-8-17(19)27/h3-8,12-13H,9-10H2,1-2H3/t12-,13+. The molecule has 172 valence electrons. The van der Waals surface area contributed by atoms with E-state index < -0.39 is 35.1 Å². The van der Waals surface area contributed by atoms with Gasteiger partial charge in [-0.05, 0) is 35.4 Å². The fourth-order valence-corrected chi connectivity index (χ4v) is 6.41. The van der Waals surface area contributed by atoms with Crippen molar-refractivity contribution >= 4 is 70.0 Å². The molecule has 1 heterocycles. The van der Waals surface area contributed by atoms with E-state index in [0.717, 1.165) is 9.80 Å². The van der Waals surface area contributed by atoms with E-state index in [-0.39, 0.29) is 38.7 Å². The number of rotatable bonds is 2. The molecule has 1 aliphatic heterocycles. The Kier molecular flexibility index (Phi) is 6.25. The van der Waals surface area contributed by atoms with Crippen LogP contribution in [0.1, 0.15) is 35.8 Å². The second kappa shape index (κ2) is 8.58. The number of hydrogen-bond donors (Lipinski definition) is 0. The minimum Gasteiger partial charge on any atom is -0.300 e. The van der Waals surface area contributed by atoms with E-state index in [0.29, 0.717) is 11.1 Å². The highest BCUT2D eigenvalue weighted by molar-refractivity contribution is 6.37. The van der Waals surface area contributed by atoms with E-state index in [1.54, 1.807) is 36.4 Å².